The normalized spacial score (nSPS) is 10.5. The van der Waals surface area contributed by atoms with E-state index in [-0.39, 0.29) is 12.5 Å². The second-order valence-corrected chi connectivity index (χ2v) is 6.06. The molecule has 1 aromatic heterocycles. The number of carbonyl (C=O) groups excluding carboxylic acids is 1. The fraction of sp³-hybridized carbons (Fsp3) is 0.111. The number of halogens is 2. The van der Waals surface area contributed by atoms with E-state index in [1.807, 2.05) is 12.1 Å². The summed E-state index contributed by atoms with van der Waals surface area (Å²) in [6.07, 6.45) is 0. The van der Waals surface area contributed by atoms with Crippen molar-refractivity contribution in [3.05, 3.63) is 69.9 Å². The quantitative estimate of drug-likeness (QED) is 0.707. The minimum atomic E-state index is -0.269. The van der Waals surface area contributed by atoms with Crippen LogP contribution in [-0.4, -0.2) is 18.2 Å². The highest BCUT2D eigenvalue weighted by Gasteiger charge is 2.11. The number of hydrogen-bond donors (Lipinski definition) is 1. The summed E-state index contributed by atoms with van der Waals surface area (Å²) in [6.45, 7) is 0.211. The lowest BCUT2D eigenvalue weighted by Gasteiger charge is -2.06. The van der Waals surface area contributed by atoms with Gasteiger partial charge in [-0.1, -0.05) is 40.5 Å². The molecule has 1 N–H and O–H groups in total. The Morgan fingerprint density at radius 2 is 1.92 bits per heavy atom. The minimum Gasteiger partial charge on any atom is -0.495 e. The number of ether oxygens (including phenoxy) is 1. The molecule has 0 aliphatic heterocycles. The van der Waals surface area contributed by atoms with Crippen LogP contribution in [0.4, 0.5) is 0 Å². The van der Waals surface area contributed by atoms with Crippen molar-refractivity contribution in [1.29, 1.82) is 0 Å². The van der Waals surface area contributed by atoms with Crippen molar-refractivity contribution in [2.75, 3.05) is 7.11 Å². The van der Waals surface area contributed by atoms with Gasteiger partial charge in [0.2, 0.25) is 0 Å². The first kappa shape index (κ1) is 17.3. The largest absolute Gasteiger partial charge is 0.495 e. The summed E-state index contributed by atoms with van der Waals surface area (Å²) in [5.41, 5.74) is 1.99. The van der Waals surface area contributed by atoms with Gasteiger partial charge < -0.3 is 14.6 Å². The Labute approximate surface area is 154 Å². The summed E-state index contributed by atoms with van der Waals surface area (Å²) in [4.78, 5) is 12.2. The third-order valence-electron chi connectivity index (χ3n) is 3.54. The summed E-state index contributed by atoms with van der Waals surface area (Å²) in [5.74, 6) is 0.785. The van der Waals surface area contributed by atoms with Crippen LogP contribution in [0, 0.1) is 0 Å². The maximum Gasteiger partial charge on any atom is 0.251 e. The highest BCUT2D eigenvalue weighted by molar-refractivity contribution is 6.32. The monoisotopic (exact) mass is 376 g/mol. The van der Waals surface area contributed by atoms with Gasteiger partial charge in [0.05, 0.1) is 18.7 Å². The Hall–Kier alpha value is -2.50. The first-order valence-electron chi connectivity index (χ1n) is 7.40. The first-order valence-corrected chi connectivity index (χ1v) is 8.15. The van der Waals surface area contributed by atoms with E-state index in [9.17, 15) is 4.79 Å². The third-order valence-corrected chi connectivity index (χ3v) is 4.08. The average Bonchev–Trinajstić information content (AvgIpc) is 3.09. The van der Waals surface area contributed by atoms with Gasteiger partial charge in [-0.25, -0.2) is 0 Å². The minimum absolute atomic E-state index is 0.211. The SMILES string of the molecule is COc1ccc(C(=O)NCc2cc(-c3ccc(Cl)cc3)no2)cc1Cl. The van der Waals surface area contributed by atoms with Gasteiger partial charge in [0, 0.05) is 22.2 Å². The number of amides is 1. The fourth-order valence-electron chi connectivity index (χ4n) is 2.23. The summed E-state index contributed by atoms with van der Waals surface area (Å²) in [5, 5.41) is 7.78. The molecular formula is C18H14Cl2N2O3. The van der Waals surface area contributed by atoms with E-state index >= 15 is 0 Å². The summed E-state index contributed by atoms with van der Waals surface area (Å²) < 4.78 is 10.3. The van der Waals surface area contributed by atoms with E-state index in [0.717, 1.165) is 5.56 Å². The van der Waals surface area contributed by atoms with E-state index in [1.165, 1.54) is 7.11 Å². The Balaban J connectivity index is 1.65. The molecule has 7 heteroatoms. The van der Waals surface area contributed by atoms with Crippen molar-refractivity contribution in [2.45, 2.75) is 6.54 Å². The molecule has 1 heterocycles. The molecule has 0 atom stereocenters. The van der Waals surface area contributed by atoms with Crippen molar-refractivity contribution in [3.63, 3.8) is 0 Å². The van der Waals surface area contributed by atoms with E-state index in [1.54, 1.807) is 36.4 Å². The number of nitrogens with one attached hydrogen (secondary N) is 1. The van der Waals surface area contributed by atoms with Crippen LogP contribution in [0.2, 0.25) is 10.0 Å². The van der Waals surface area contributed by atoms with Crippen LogP contribution in [0.15, 0.2) is 53.1 Å². The van der Waals surface area contributed by atoms with Crippen LogP contribution in [0.25, 0.3) is 11.3 Å². The maximum atomic E-state index is 12.2. The zero-order chi connectivity index (χ0) is 17.8. The Kier molecular flexibility index (Phi) is 5.26. The Bertz CT molecular complexity index is 892. The molecule has 3 aromatic rings. The number of rotatable bonds is 5. The highest BCUT2D eigenvalue weighted by atomic mass is 35.5. The third kappa shape index (κ3) is 4.13. The molecule has 0 fully saturated rings. The molecule has 1 amide bonds. The number of carbonyl (C=O) groups is 1. The summed E-state index contributed by atoms with van der Waals surface area (Å²) in [6, 6.07) is 13.9. The van der Waals surface area contributed by atoms with E-state index in [4.69, 9.17) is 32.5 Å². The van der Waals surface area contributed by atoms with Crippen molar-refractivity contribution < 1.29 is 14.1 Å². The molecule has 0 saturated carbocycles. The number of benzene rings is 2. The smallest absolute Gasteiger partial charge is 0.251 e. The van der Waals surface area contributed by atoms with E-state index in [2.05, 4.69) is 10.5 Å². The molecule has 128 valence electrons. The van der Waals surface area contributed by atoms with Crippen molar-refractivity contribution in [3.8, 4) is 17.0 Å². The lowest BCUT2D eigenvalue weighted by Crippen LogP contribution is -2.22. The average molecular weight is 377 g/mol. The lowest BCUT2D eigenvalue weighted by molar-refractivity contribution is 0.0947. The zero-order valence-electron chi connectivity index (χ0n) is 13.3. The predicted octanol–water partition coefficient (Wildman–Crippen LogP) is 4.59. The van der Waals surface area contributed by atoms with Crippen molar-refractivity contribution in [1.82, 2.24) is 10.5 Å². The lowest BCUT2D eigenvalue weighted by atomic mass is 10.1. The second kappa shape index (κ2) is 7.59. The molecule has 25 heavy (non-hydrogen) atoms. The first-order chi connectivity index (χ1) is 12.1. The van der Waals surface area contributed by atoms with Gasteiger partial charge in [-0.05, 0) is 30.3 Å². The summed E-state index contributed by atoms with van der Waals surface area (Å²) in [7, 11) is 1.52. The molecule has 0 aliphatic rings. The topological polar surface area (TPSA) is 64.4 Å². The van der Waals surface area contributed by atoms with Gasteiger partial charge in [-0.3, -0.25) is 4.79 Å². The van der Waals surface area contributed by atoms with Crippen LogP contribution in [0.3, 0.4) is 0 Å². The second-order valence-electron chi connectivity index (χ2n) is 5.22. The standard InChI is InChI=1S/C18H14Cl2N2O3/c1-24-17-7-4-12(8-15(17)20)18(23)21-10-14-9-16(22-25-14)11-2-5-13(19)6-3-11/h2-9H,10H2,1H3,(H,21,23). The zero-order valence-corrected chi connectivity index (χ0v) is 14.8. The van der Waals surface area contributed by atoms with Crippen LogP contribution in [-0.2, 0) is 6.54 Å². The predicted molar refractivity (Wildman–Crippen MR) is 96.1 cm³/mol. The molecule has 0 radical (unpaired) electrons. The number of methoxy groups -OCH3 is 1. The molecule has 0 aliphatic carbocycles. The summed E-state index contributed by atoms with van der Waals surface area (Å²) >= 11 is 11.9. The Morgan fingerprint density at radius 1 is 1.16 bits per heavy atom. The molecule has 0 spiro atoms. The molecule has 0 unspecified atom stereocenters. The number of nitrogens with zero attached hydrogens (tertiary/aromatic N) is 1. The van der Waals surface area contributed by atoms with E-state index < -0.39 is 0 Å². The number of aromatic nitrogens is 1. The van der Waals surface area contributed by atoms with Gasteiger partial charge in [0.15, 0.2) is 5.76 Å². The van der Waals surface area contributed by atoms with Crippen molar-refractivity contribution >= 4 is 29.1 Å². The van der Waals surface area contributed by atoms with Gasteiger partial charge >= 0.3 is 0 Å². The molecular weight excluding hydrogens is 363 g/mol. The maximum absolute atomic E-state index is 12.2. The van der Waals surface area contributed by atoms with Crippen LogP contribution >= 0.6 is 23.2 Å². The molecule has 3 rings (SSSR count). The van der Waals surface area contributed by atoms with Crippen molar-refractivity contribution in [2.24, 2.45) is 0 Å². The van der Waals surface area contributed by atoms with Gasteiger partial charge in [-0.15, -0.1) is 0 Å². The van der Waals surface area contributed by atoms with Crippen LogP contribution in [0.1, 0.15) is 16.1 Å². The van der Waals surface area contributed by atoms with Gasteiger partial charge in [0.25, 0.3) is 5.91 Å². The van der Waals surface area contributed by atoms with Gasteiger partial charge in [0.1, 0.15) is 11.4 Å². The van der Waals surface area contributed by atoms with E-state index in [0.29, 0.717) is 32.8 Å². The Morgan fingerprint density at radius 3 is 2.60 bits per heavy atom. The van der Waals surface area contributed by atoms with Crippen LogP contribution < -0.4 is 10.1 Å². The van der Waals surface area contributed by atoms with Crippen LogP contribution in [0.5, 0.6) is 5.75 Å². The molecule has 2 aromatic carbocycles. The molecule has 0 saturated heterocycles. The number of hydrogen-bond acceptors (Lipinski definition) is 4. The van der Waals surface area contributed by atoms with Gasteiger partial charge in [-0.2, -0.15) is 0 Å². The molecule has 5 nitrogen and oxygen atoms in total. The fourth-order valence-corrected chi connectivity index (χ4v) is 2.61. The highest BCUT2D eigenvalue weighted by Crippen LogP contribution is 2.25. The molecule has 0 bridgehead atoms.